The van der Waals surface area contributed by atoms with Crippen molar-refractivity contribution >= 4 is 15.9 Å². The van der Waals surface area contributed by atoms with E-state index in [1.54, 1.807) is 6.26 Å². The van der Waals surface area contributed by atoms with Crippen molar-refractivity contribution in [3.05, 3.63) is 58.5 Å². The zero-order chi connectivity index (χ0) is 13.0. The Kier molecular flexibility index (Phi) is 4.61. The summed E-state index contributed by atoms with van der Waals surface area (Å²) in [6.45, 7) is 5.24. The third kappa shape index (κ3) is 2.85. The Balaban J connectivity index is 2.28. The Morgan fingerprint density at radius 1 is 1.22 bits per heavy atom. The summed E-state index contributed by atoms with van der Waals surface area (Å²) >= 11 is 3.54. The van der Waals surface area contributed by atoms with E-state index in [2.05, 4.69) is 59.4 Å². The largest absolute Gasteiger partial charge is 0.466 e. The van der Waals surface area contributed by atoms with Gasteiger partial charge in [0, 0.05) is 5.92 Å². The fourth-order valence-corrected chi connectivity index (χ4v) is 2.64. The number of furan rings is 1. The fourth-order valence-electron chi connectivity index (χ4n) is 2.19. The topological polar surface area (TPSA) is 25.2 Å². The summed E-state index contributed by atoms with van der Waals surface area (Å²) in [6, 6.07) is 12.6. The maximum Gasteiger partial charge on any atom is 0.135 e. The third-order valence-corrected chi connectivity index (χ3v) is 3.83. The molecule has 2 aromatic rings. The van der Waals surface area contributed by atoms with Crippen LogP contribution in [0.15, 0.2) is 51.6 Å². The lowest BCUT2D eigenvalue weighted by Gasteiger charge is -2.23. The molecule has 2 atom stereocenters. The second-order valence-electron chi connectivity index (χ2n) is 4.37. The summed E-state index contributed by atoms with van der Waals surface area (Å²) in [7, 11) is 0. The van der Waals surface area contributed by atoms with Gasteiger partial charge in [0.25, 0.3) is 0 Å². The number of nitrogens with one attached hydrogen (secondary N) is 1. The first-order valence-corrected chi connectivity index (χ1v) is 7.04. The van der Waals surface area contributed by atoms with Crippen LogP contribution < -0.4 is 5.32 Å². The predicted octanol–water partition coefficient (Wildman–Crippen LogP) is 4.50. The summed E-state index contributed by atoms with van der Waals surface area (Å²) in [5, 5.41) is 3.50. The molecule has 0 aliphatic heterocycles. The Morgan fingerprint density at radius 3 is 2.50 bits per heavy atom. The minimum atomic E-state index is 0.182. The van der Waals surface area contributed by atoms with Crippen LogP contribution in [0.3, 0.4) is 0 Å². The lowest BCUT2D eigenvalue weighted by molar-refractivity contribution is 0.380. The molecule has 18 heavy (non-hydrogen) atoms. The monoisotopic (exact) mass is 307 g/mol. The molecular weight excluding hydrogens is 290 g/mol. The number of benzene rings is 1. The summed E-state index contributed by atoms with van der Waals surface area (Å²) in [5.41, 5.74) is 1.31. The minimum Gasteiger partial charge on any atom is -0.466 e. The molecule has 1 heterocycles. The van der Waals surface area contributed by atoms with Crippen molar-refractivity contribution in [1.29, 1.82) is 0 Å². The number of likely N-dealkylation sites (N-methyl/N-ethyl adjacent to an activating group) is 1. The average Bonchev–Trinajstić information content (AvgIpc) is 2.82. The summed E-state index contributed by atoms with van der Waals surface area (Å²) < 4.78 is 6.64. The highest BCUT2D eigenvalue weighted by atomic mass is 79.9. The molecule has 0 saturated heterocycles. The molecule has 0 saturated carbocycles. The smallest absolute Gasteiger partial charge is 0.135 e. The van der Waals surface area contributed by atoms with E-state index in [9.17, 15) is 0 Å². The number of hydrogen-bond donors (Lipinski definition) is 1. The van der Waals surface area contributed by atoms with Crippen LogP contribution in [0.2, 0.25) is 0 Å². The van der Waals surface area contributed by atoms with Crippen molar-refractivity contribution in [3.63, 3.8) is 0 Å². The van der Waals surface area contributed by atoms with Gasteiger partial charge in [-0.25, -0.2) is 0 Å². The summed E-state index contributed by atoms with van der Waals surface area (Å²) in [4.78, 5) is 0. The molecule has 2 unspecified atom stereocenters. The number of hydrogen-bond acceptors (Lipinski definition) is 2. The maximum atomic E-state index is 5.61. The second kappa shape index (κ2) is 6.21. The standard InChI is InChI=1S/C15H18BrNO/c1-3-17-14(15-13(16)9-10-18-15)11(2)12-7-5-4-6-8-12/h4-11,14,17H,3H2,1-2H3. The van der Waals surface area contributed by atoms with Crippen molar-refractivity contribution in [2.75, 3.05) is 6.54 Å². The zero-order valence-electron chi connectivity index (χ0n) is 10.7. The van der Waals surface area contributed by atoms with Crippen LogP contribution in [0, 0.1) is 0 Å². The lowest BCUT2D eigenvalue weighted by atomic mass is 9.92. The van der Waals surface area contributed by atoms with Gasteiger partial charge in [-0.3, -0.25) is 0 Å². The second-order valence-corrected chi connectivity index (χ2v) is 5.22. The van der Waals surface area contributed by atoms with Crippen molar-refractivity contribution in [2.45, 2.75) is 25.8 Å². The highest BCUT2D eigenvalue weighted by Crippen LogP contribution is 2.34. The average molecular weight is 308 g/mol. The van der Waals surface area contributed by atoms with E-state index in [0.29, 0.717) is 5.92 Å². The van der Waals surface area contributed by atoms with Crippen molar-refractivity contribution in [3.8, 4) is 0 Å². The van der Waals surface area contributed by atoms with Crippen LogP contribution in [-0.4, -0.2) is 6.54 Å². The zero-order valence-corrected chi connectivity index (χ0v) is 12.3. The molecule has 1 aromatic heterocycles. The van der Waals surface area contributed by atoms with Crippen LogP contribution in [0.4, 0.5) is 0 Å². The Hall–Kier alpha value is -1.06. The first-order chi connectivity index (χ1) is 8.74. The molecule has 1 N–H and O–H groups in total. The van der Waals surface area contributed by atoms with Gasteiger partial charge >= 0.3 is 0 Å². The Morgan fingerprint density at radius 2 is 1.94 bits per heavy atom. The molecule has 0 amide bonds. The highest BCUT2D eigenvalue weighted by molar-refractivity contribution is 9.10. The van der Waals surface area contributed by atoms with E-state index in [4.69, 9.17) is 4.42 Å². The van der Waals surface area contributed by atoms with Crippen LogP contribution >= 0.6 is 15.9 Å². The van der Waals surface area contributed by atoms with Crippen molar-refractivity contribution in [2.24, 2.45) is 0 Å². The van der Waals surface area contributed by atoms with Gasteiger partial charge in [-0.2, -0.15) is 0 Å². The lowest BCUT2D eigenvalue weighted by Crippen LogP contribution is -2.25. The normalized spacial score (nSPS) is 14.4. The summed E-state index contributed by atoms with van der Waals surface area (Å²) in [6.07, 6.45) is 1.72. The molecule has 2 nitrogen and oxygen atoms in total. The predicted molar refractivity (Wildman–Crippen MR) is 77.7 cm³/mol. The van der Waals surface area contributed by atoms with Crippen LogP contribution in [0.1, 0.15) is 37.1 Å². The molecule has 0 radical (unpaired) electrons. The van der Waals surface area contributed by atoms with Crippen LogP contribution in [0.5, 0.6) is 0 Å². The van der Waals surface area contributed by atoms with Crippen molar-refractivity contribution in [1.82, 2.24) is 5.32 Å². The molecule has 2 rings (SSSR count). The fraction of sp³-hybridized carbons (Fsp3) is 0.333. The molecule has 0 spiro atoms. The minimum absolute atomic E-state index is 0.182. The SMILES string of the molecule is CCNC(c1occc1Br)C(C)c1ccccc1. The molecule has 1 aromatic carbocycles. The van der Waals surface area contributed by atoms with Gasteiger partial charge in [-0.1, -0.05) is 44.2 Å². The molecule has 0 aliphatic rings. The van der Waals surface area contributed by atoms with E-state index in [1.165, 1.54) is 5.56 Å². The Bertz CT molecular complexity index is 480. The van der Waals surface area contributed by atoms with E-state index in [1.807, 2.05) is 12.1 Å². The van der Waals surface area contributed by atoms with Crippen LogP contribution in [-0.2, 0) is 0 Å². The van der Waals surface area contributed by atoms with E-state index >= 15 is 0 Å². The van der Waals surface area contributed by atoms with Gasteiger partial charge < -0.3 is 9.73 Å². The van der Waals surface area contributed by atoms with Gasteiger partial charge in [0.15, 0.2) is 0 Å². The number of rotatable bonds is 5. The molecule has 96 valence electrons. The molecule has 0 fully saturated rings. The van der Waals surface area contributed by atoms with Crippen LogP contribution in [0.25, 0.3) is 0 Å². The van der Waals surface area contributed by atoms with E-state index in [0.717, 1.165) is 16.8 Å². The maximum absolute atomic E-state index is 5.61. The molecule has 3 heteroatoms. The third-order valence-electron chi connectivity index (χ3n) is 3.18. The Labute approximate surface area is 117 Å². The molecular formula is C15H18BrNO. The van der Waals surface area contributed by atoms with Gasteiger partial charge in [0.2, 0.25) is 0 Å². The van der Waals surface area contributed by atoms with Gasteiger partial charge in [-0.05, 0) is 34.1 Å². The number of halogens is 1. The highest BCUT2D eigenvalue weighted by Gasteiger charge is 2.24. The molecule has 0 bridgehead atoms. The first kappa shape index (κ1) is 13.4. The first-order valence-electron chi connectivity index (χ1n) is 6.25. The quantitative estimate of drug-likeness (QED) is 0.880. The van der Waals surface area contributed by atoms with Gasteiger partial charge in [-0.15, -0.1) is 0 Å². The van der Waals surface area contributed by atoms with E-state index < -0.39 is 0 Å². The van der Waals surface area contributed by atoms with Gasteiger partial charge in [0.1, 0.15) is 5.76 Å². The van der Waals surface area contributed by atoms with E-state index in [-0.39, 0.29) is 6.04 Å². The van der Waals surface area contributed by atoms with Crippen molar-refractivity contribution < 1.29 is 4.42 Å². The summed E-state index contributed by atoms with van der Waals surface area (Å²) in [5.74, 6) is 1.32. The molecule has 0 aliphatic carbocycles. The van der Waals surface area contributed by atoms with Gasteiger partial charge in [0.05, 0.1) is 16.8 Å².